The van der Waals surface area contributed by atoms with Gasteiger partial charge in [0.05, 0.1) is 18.5 Å². The van der Waals surface area contributed by atoms with Crippen molar-refractivity contribution in [1.82, 2.24) is 9.88 Å². The van der Waals surface area contributed by atoms with Crippen LogP contribution in [-0.2, 0) is 11.2 Å². The van der Waals surface area contributed by atoms with E-state index in [2.05, 4.69) is 4.98 Å². The van der Waals surface area contributed by atoms with E-state index in [-0.39, 0.29) is 13.0 Å². The van der Waals surface area contributed by atoms with Crippen LogP contribution in [-0.4, -0.2) is 35.6 Å². The minimum absolute atomic E-state index is 0.0756. The van der Waals surface area contributed by atoms with E-state index in [0.29, 0.717) is 17.3 Å². The first-order chi connectivity index (χ1) is 10.3. The highest BCUT2D eigenvalue weighted by Gasteiger charge is 2.28. The zero-order chi connectivity index (χ0) is 16.3. The van der Waals surface area contributed by atoms with Gasteiger partial charge in [-0.15, -0.1) is 0 Å². The molecular weight excluding hydrogens is 317 g/mol. The number of amides is 1. The van der Waals surface area contributed by atoms with Crippen molar-refractivity contribution in [2.75, 3.05) is 13.6 Å². The summed E-state index contributed by atoms with van der Waals surface area (Å²) in [5.74, 6) is 0.496. The molecule has 4 nitrogen and oxygen atoms in total. The number of carbonyl (C=O) groups is 1. The number of aryl methyl sites for hydroxylation is 1. The Balaban J connectivity index is 2.00. The Bertz CT molecular complexity index is 635. The van der Waals surface area contributed by atoms with Crippen molar-refractivity contribution in [2.45, 2.75) is 25.9 Å². The summed E-state index contributed by atoms with van der Waals surface area (Å²) in [5, 5.41) is 3.75. The number of nitrogens with zero attached hydrogens (tertiary/aromatic N) is 2. The highest BCUT2D eigenvalue weighted by Crippen LogP contribution is 2.24. The molecule has 0 N–H and O–H groups in total. The first-order valence-electron chi connectivity index (χ1n) is 6.56. The lowest BCUT2D eigenvalue weighted by Crippen LogP contribution is -2.31. The SMILES string of the molecule is Cc1oc(-c2ccsc2)nc1CC(=O)N(C)CCC(F)(F)F. The summed E-state index contributed by atoms with van der Waals surface area (Å²) >= 11 is 1.50. The molecule has 120 valence electrons. The smallest absolute Gasteiger partial charge is 0.390 e. The molecule has 0 fully saturated rings. The number of alkyl halides is 3. The van der Waals surface area contributed by atoms with E-state index in [9.17, 15) is 18.0 Å². The molecule has 0 radical (unpaired) electrons. The van der Waals surface area contributed by atoms with Gasteiger partial charge in [0.2, 0.25) is 11.8 Å². The summed E-state index contributed by atoms with van der Waals surface area (Å²) in [7, 11) is 1.35. The molecule has 0 aromatic carbocycles. The highest BCUT2D eigenvalue weighted by atomic mass is 32.1. The van der Waals surface area contributed by atoms with E-state index < -0.39 is 18.5 Å². The average Bonchev–Trinajstić information content (AvgIpc) is 3.05. The number of hydrogen-bond acceptors (Lipinski definition) is 4. The first-order valence-corrected chi connectivity index (χ1v) is 7.50. The third kappa shape index (κ3) is 4.33. The van der Waals surface area contributed by atoms with Crippen molar-refractivity contribution < 1.29 is 22.4 Å². The molecule has 2 rings (SSSR count). The summed E-state index contributed by atoms with van der Waals surface area (Å²) in [4.78, 5) is 17.3. The minimum Gasteiger partial charge on any atom is -0.441 e. The van der Waals surface area contributed by atoms with Gasteiger partial charge in [-0.2, -0.15) is 24.5 Å². The molecule has 0 saturated heterocycles. The number of rotatable bonds is 5. The molecule has 0 saturated carbocycles. The van der Waals surface area contributed by atoms with Crippen LogP contribution in [0.1, 0.15) is 17.9 Å². The fraction of sp³-hybridized carbons (Fsp3) is 0.429. The summed E-state index contributed by atoms with van der Waals surface area (Å²) in [6, 6.07) is 1.84. The van der Waals surface area contributed by atoms with E-state index in [1.54, 1.807) is 6.92 Å². The lowest BCUT2D eigenvalue weighted by Gasteiger charge is -2.17. The zero-order valence-electron chi connectivity index (χ0n) is 12.1. The molecule has 0 aliphatic carbocycles. The Morgan fingerprint density at radius 3 is 2.77 bits per heavy atom. The maximum atomic E-state index is 12.2. The van der Waals surface area contributed by atoms with Crippen molar-refractivity contribution >= 4 is 17.2 Å². The molecule has 0 unspecified atom stereocenters. The quantitative estimate of drug-likeness (QED) is 0.839. The van der Waals surface area contributed by atoms with Gasteiger partial charge in [0.1, 0.15) is 5.76 Å². The van der Waals surface area contributed by atoms with E-state index in [4.69, 9.17) is 4.42 Å². The largest absolute Gasteiger partial charge is 0.441 e. The molecule has 0 aliphatic rings. The van der Waals surface area contributed by atoms with Crippen LogP contribution in [0.25, 0.3) is 11.5 Å². The maximum Gasteiger partial charge on any atom is 0.390 e. The Kier molecular flexibility index (Phi) is 4.90. The van der Waals surface area contributed by atoms with Crippen molar-refractivity contribution in [2.24, 2.45) is 0 Å². The fourth-order valence-corrected chi connectivity index (χ4v) is 2.43. The van der Waals surface area contributed by atoms with Crippen LogP contribution in [0.4, 0.5) is 13.2 Å². The van der Waals surface area contributed by atoms with Crippen molar-refractivity contribution in [3.8, 4) is 11.5 Å². The van der Waals surface area contributed by atoms with Gasteiger partial charge in [0.25, 0.3) is 0 Å². The molecule has 2 aromatic heterocycles. The number of hydrogen-bond donors (Lipinski definition) is 0. The lowest BCUT2D eigenvalue weighted by atomic mass is 10.2. The minimum atomic E-state index is -4.27. The molecule has 22 heavy (non-hydrogen) atoms. The first kappa shape index (κ1) is 16.5. The molecule has 0 bridgehead atoms. The van der Waals surface area contributed by atoms with Crippen LogP contribution in [0.3, 0.4) is 0 Å². The van der Waals surface area contributed by atoms with Crippen LogP contribution >= 0.6 is 11.3 Å². The highest BCUT2D eigenvalue weighted by molar-refractivity contribution is 7.08. The molecule has 2 aromatic rings. The summed E-state index contributed by atoms with van der Waals surface area (Å²) < 4.78 is 42.0. The monoisotopic (exact) mass is 332 g/mol. The summed E-state index contributed by atoms with van der Waals surface area (Å²) in [6.07, 6.45) is -5.37. The predicted molar refractivity (Wildman–Crippen MR) is 76.6 cm³/mol. The van der Waals surface area contributed by atoms with Crippen LogP contribution < -0.4 is 0 Å². The van der Waals surface area contributed by atoms with E-state index in [1.165, 1.54) is 18.4 Å². The van der Waals surface area contributed by atoms with Crippen molar-refractivity contribution in [3.63, 3.8) is 0 Å². The van der Waals surface area contributed by atoms with Gasteiger partial charge in [-0.3, -0.25) is 4.79 Å². The Labute approximate surface area is 129 Å². The van der Waals surface area contributed by atoms with E-state index in [1.807, 2.05) is 16.8 Å². The van der Waals surface area contributed by atoms with Crippen molar-refractivity contribution in [1.29, 1.82) is 0 Å². The molecule has 0 atom stereocenters. The lowest BCUT2D eigenvalue weighted by molar-refractivity contribution is -0.143. The van der Waals surface area contributed by atoms with Gasteiger partial charge < -0.3 is 9.32 Å². The van der Waals surface area contributed by atoms with E-state index in [0.717, 1.165) is 10.5 Å². The maximum absolute atomic E-state index is 12.2. The standard InChI is InChI=1S/C14H15F3N2O2S/c1-9-11(18-13(21-9)10-3-6-22-8-10)7-12(20)19(2)5-4-14(15,16)17/h3,6,8H,4-5,7H2,1-2H3. The van der Waals surface area contributed by atoms with Gasteiger partial charge in [0.15, 0.2) is 0 Å². The Hall–Kier alpha value is -1.83. The van der Waals surface area contributed by atoms with Crippen LogP contribution in [0.15, 0.2) is 21.2 Å². The third-order valence-electron chi connectivity index (χ3n) is 3.14. The van der Waals surface area contributed by atoms with Gasteiger partial charge in [0, 0.05) is 24.5 Å². The number of aromatic nitrogens is 1. The molecule has 2 heterocycles. The molecule has 8 heteroatoms. The molecule has 0 spiro atoms. The number of thiophene rings is 1. The number of oxazole rings is 1. The average molecular weight is 332 g/mol. The number of carbonyl (C=O) groups excluding carboxylic acids is 1. The van der Waals surface area contributed by atoms with Crippen LogP contribution in [0.2, 0.25) is 0 Å². The van der Waals surface area contributed by atoms with Crippen molar-refractivity contribution in [3.05, 3.63) is 28.3 Å². The van der Waals surface area contributed by atoms with Crippen LogP contribution in [0, 0.1) is 6.92 Å². The van der Waals surface area contributed by atoms with Gasteiger partial charge in [-0.05, 0) is 18.4 Å². The summed E-state index contributed by atoms with van der Waals surface area (Å²) in [5.41, 5.74) is 1.27. The van der Waals surface area contributed by atoms with Gasteiger partial charge >= 0.3 is 6.18 Å². The van der Waals surface area contributed by atoms with Crippen LogP contribution in [0.5, 0.6) is 0 Å². The van der Waals surface area contributed by atoms with Gasteiger partial charge in [-0.1, -0.05) is 0 Å². The zero-order valence-corrected chi connectivity index (χ0v) is 12.9. The second-order valence-electron chi connectivity index (χ2n) is 4.89. The third-order valence-corrected chi connectivity index (χ3v) is 3.82. The number of likely N-dealkylation sites (N-methyl/N-ethyl adjacent to an activating group) is 1. The number of halogens is 3. The fourth-order valence-electron chi connectivity index (χ4n) is 1.80. The Morgan fingerprint density at radius 2 is 2.18 bits per heavy atom. The predicted octanol–water partition coefficient (Wildman–Crippen LogP) is 3.66. The molecule has 1 amide bonds. The normalized spacial score (nSPS) is 11.7. The second kappa shape index (κ2) is 6.51. The second-order valence-corrected chi connectivity index (χ2v) is 5.67. The topological polar surface area (TPSA) is 46.3 Å². The molecular formula is C14H15F3N2O2S. The van der Waals surface area contributed by atoms with Gasteiger partial charge in [-0.25, -0.2) is 4.98 Å². The van der Waals surface area contributed by atoms with E-state index >= 15 is 0 Å². The molecule has 0 aliphatic heterocycles. The Morgan fingerprint density at radius 1 is 1.45 bits per heavy atom. The summed E-state index contributed by atoms with van der Waals surface area (Å²) in [6.45, 7) is 1.32.